The fourth-order valence-corrected chi connectivity index (χ4v) is 2.74. The summed E-state index contributed by atoms with van der Waals surface area (Å²) in [5, 5.41) is 7.21. The number of anilines is 1. The van der Waals surface area contributed by atoms with Gasteiger partial charge >= 0.3 is 0 Å². The van der Waals surface area contributed by atoms with Gasteiger partial charge in [-0.1, -0.05) is 29.8 Å². The lowest BCUT2D eigenvalue weighted by molar-refractivity contribution is 0.102. The summed E-state index contributed by atoms with van der Waals surface area (Å²) in [4.78, 5) is 12.4. The first-order valence-electron chi connectivity index (χ1n) is 8.09. The van der Waals surface area contributed by atoms with Crippen LogP contribution in [0.25, 0.3) is 0 Å². The van der Waals surface area contributed by atoms with E-state index in [4.69, 9.17) is 4.74 Å². The van der Waals surface area contributed by atoms with E-state index in [2.05, 4.69) is 10.4 Å². The smallest absolute Gasteiger partial charge is 0.256 e. The van der Waals surface area contributed by atoms with Crippen LogP contribution in [-0.2, 0) is 6.54 Å². The Kier molecular flexibility index (Phi) is 4.84. The molecule has 0 saturated carbocycles. The lowest BCUT2D eigenvalue weighted by Gasteiger charge is -2.07. The monoisotopic (exact) mass is 335 g/mol. The van der Waals surface area contributed by atoms with Gasteiger partial charge in [0.2, 0.25) is 0 Å². The fourth-order valence-electron chi connectivity index (χ4n) is 2.74. The molecule has 1 N–H and O–H groups in total. The zero-order chi connectivity index (χ0) is 17.8. The van der Waals surface area contributed by atoms with Crippen LogP contribution in [0, 0.1) is 13.8 Å². The van der Waals surface area contributed by atoms with Crippen molar-refractivity contribution in [2.24, 2.45) is 0 Å². The molecule has 0 aliphatic carbocycles. The summed E-state index contributed by atoms with van der Waals surface area (Å²) in [6.07, 6.45) is 3.47. The first-order valence-corrected chi connectivity index (χ1v) is 8.09. The first-order chi connectivity index (χ1) is 12.0. The van der Waals surface area contributed by atoms with Crippen molar-refractivity contribution in [3.63, 3.8) is 0 Å². The highest BCUT2D eigenvalue weighted by Crippen LogP contribution is 2.16. The molecule has 5 heteroatoms. The summed E-state index contributed by atoms with van der Waals surface area (Å²) < 4.78 is 7.02. The zero-order valence-electron chi connectivity index (χ0n) is 14.6. The number of ether oxygens (including phenoxy) is 1. The molecule has 0 fully saturated rings. The molecule has 128 valence electrons. The highest BCUT2D eigenvalue weighted by Gasteiger charge is 2.10. The number of amides is 1. The second-order valence-corrected chi connectivity index (χ2v) is 6.05. The summed E-state index contributed by atoms with van der Waals surface area (Å²) in [7, 11) is 1.65. The topological polar surface area (TPSA) is 56.1 Å². The molecule has 1 amide bonds. The van der Waals surface area contributed by atoms with Crippen LogP contribution in [0.1, 0.15) is 27.0 Å². The Labute approximate surface area is 147 Å². The van der Waals surface area contributed by atoms with Crippen molar-refractivity contribution in [2.75, 3.05) is 12.4 Å². The van der Waals surface area contributed by atoms with Crippen LogP contribution in [0.3, 0.4) is 0 Å². The highest BCUT2D eigenvalue weighted by atomic mass is 16.5. The number of nitrogens with one attached hydrogen (secondary N) is 1. The van der Waals surface area contributed by atoms with Gasteiger partial charge in [0, 0.05) is 11.8 Å². The molecule has 0 aliphatic rings. The highest BCUT2D eigenvalue weighted by molar-refractivity contribution is 6.05. The molecule has 1 heterocycles. The number of hydrogen-bond acceptors (Lipinski definition) is 3. The van der Waals surface area contributed by atoms with E-state index in [0.29, 0.717) is 17.8 Å². The Balaban J connectivity index is 1.69. The molecule has 25 heavy (non-hydrogen) atoms. The number of benzene rings is 2. The summed E-state index contributed by atoms with van der Waals surface area (Å²) in [6, 6.07) is 13.6. The van der Waals surface area contributed by atoms with E-state index in [9.17, 15) is 4.79 Å². The Morgan fingerprint density at radius 2 is 2.04 bits per heavy atom. The van der Waals surface area contributed by atoms with Gasteiger partial charge in [-0.2, -0.15) is 5.10 Å². The van der Waals surface area contributed by atoms with Crippen LogP contribution in [0.2, 0.25) is 0 Å². The van der Waals surface area contributed by atoms with E-state index < -0.39 is 0 Å². The predicted octanol–water partition coefficient (Wildman–Crippen LogP) is 3.81. The van der Waals surface area contributed by atoms with Crippen molar-refractivity contribution in [2.45, 2.75) is 20.4 Å². The van der Waals surface area contributed by atoms with Gasteiger partial charge in [-0.25, -0.2) is 0 Å². The van der Waals surface area contributed by atoms with Crippen LogP contribution in [0.5, 0.6) is 5.75 Å². The molecule has 0 atom stereocenters. The first kappa shape index (κ1) is 16.8. The molecule has 2 aromatic carbocycles. The van der Waals surface area contributed by atoms with Crippen LogP contribution in [-0.4, -0.2) is 22.8 Å². The van der Waals surface area contributed by atoms with E-state index >= 15 is 0 Å². The molecular formula is C20H21N3O2. The maximum absolute atomic E-state index is 12.4. The van der Waals surface area contributed by atoms with E-state index in [0.717, 1.165) is 22.4 Å². The van der Waals surface area contributed by atoms with Crippen LogP contribution in [0.4, 0.5) is 5.69 Å². The van der Waals surface area contributed by atoms with E-state index in [1.807, 2.05) is 62.5 Å². The number of aryl methyl sites for hydroxylation is 2. The molecule has 0 radical (unpaired) electrons. The number of methoxy groups -OCH3 is 1. The molecule has 0 spiro atoms. The van der Waals surface area contributed by atoms with E-state index in [1.165, 1.54) is 0 Å². The van der Waals surface area contributed by atoms with Crippen molar-refractivity contribution in [1.82, 2.24) is 9.78 Å². The second kappa shape index (κ2) is 7.21. The van der Waals surface area contributed by atoms with Crippen molar-refractivity contribution < 1.29 is 9.53 Å². The minimum Gasteiger partial charge on any atom is -0.497 e. The quantitative estimate of drug-likeness (QED) is 0.771. The number of rotatable bonds is 5. The van der Waals surface area contributed by atoms with Gasteiger partial charge in [-0.3, -0.25) is 9.48 Å². The van der Waals surface area contributed by atoms with Crippen LogP contribution >= 0.6 is 0 Å². The maximum atomic E-state index is 12.4. The normalized spacial score (nSPS) is 10.5. The summed E-state index contributed by atoms with van der Waals surface area (Å²) in [5.74, 6) is 0.687. The number of carbonyl (C=O) groups is 1. The van der Waals surface area contributed by atoms with Gasteiger partial charge in [0.15, 0.2) is 0 Å². The minimum atomic E-state index is -0.126. The average molecular weight is 335 g/mol. The van der Waals surface area contributed by atoms with Crippen molar-refractivity contribution in [3.05, 3.63) is 77.1 Å². The van der Waals surface area contributed by atoms with Gasteiger partial charge in [-0.05, 0) is 43.2 Å². The SMILES string of the molecule is COc1cccc(Cn2cc(NC(=O)c3ccc(C)cc3C)cn2)c1. The van der Waals surface area contributed by atoms with Gasteiger partial charge in [0.1, 0.15) is 5.75 Å². The summed E-state index contributed by atoms with van der Waals surface area (Å²) >= 11 is 0. The van der Waals surface area contributed by atoms with Crippen LogP contribution < -0.4 is 10.1 Å². The van der Waals surface area contributed by atoms with Crippen molar-refractivity contribution in [3.8, 4) is 5.75 Å². The molecule has 0 unspecified atom stereocenters. The third kappa shape index (κ3) is 4.07. The maximum Gasteiger partial charge on any atom is 0.256 e. The third-order valence-corrected chi connectivity index (χ3v) is 4.00. The second-order valence-electron chi connectivity index (χ2n) is 6.05. The number of aromatic nitrogens is 2. The third-order valence-electron chi connectivity index (χ3n) is 4.00. The van der Waals surface area contributed by atoms with Crippen molar-refractivity contribution in [1.29, 1.82) is 0 Å². The summed E-state index contributed by atoms with van der Waals surface area (Å²) in [6.45, 7) is 4.56. The number of carbonyl (C=O) groups excluding carboxylic acids is 1. The Morgan fingerprint density at radius 1 is 1.20 bits per heavy atom. The molecule has 0 saturated heterocycles. The van der Waals surface area contributed by atoms with Gasteiger partial charge in [0.25, 0.3) is 5.91 Å². The lowest BCUT2D eigenvalue weighted by atomic mass is 10.1. The van der Waals surface area contributed by atoms with Gasteiger partial charge < -0.3 is 10.1 Å². The molecule has 1 aromatic heterocycles. The largest absolute Gasteiger partial charge is 0.497 e. The number of hydrogen-bond donors (Lipinski definition) is 1. The molecule has 0 bridgehead atoms. The number of nitrogens with zero attached hydrogens (tertiary/aromatic N) is 2. The molecule has 0 aliphatic heterocycles. The van der Waals surface area contributed by atoms with Gasteiger partial charge in [0.05, 0.1) is 25.5 Å². The summed E-state index contributed by atoms with van der Waals surface area (Å²) in [5.41, 5.74) is 4.52. The van der Waals surface area contributed by atoms with Crippen molar-refractivity contribution >= 4 is 11.6 Å². The predicted molar refractivity (Wildman–Crippen MR) is 98.2 cm³/mol. The molecule has 3 aromatic rings. The van der Waals surface area contributed by atoms with E-state index in [1.54, 1.807) is 18.0 Å². The Hall–Kier alpha value is -3.08. The van der Waals surface area contributed by atoms with Crippen LogP contribution in [0.15, 0.2) is 54.9 Å². The standard InChI is InChI=1S/C20H21N3O2/c1-14-7-8-19(15(2)9-14)20(24)22-17-11-21-23(13-17)12-16-5-4-6-18(10-16)25-3/h4-11,13H,12H2,1-3H3,(H,22,24). The lowest BCUT2D eigenvalue weighted by Crippen LogP contribution is -2.13. The molecule has 3 rings (SSSR count). The molecular weight excluding hydrogens is 314 g/mol. The average Bonchev–Trinajstić information content (AvgIpc) is 3.01. The Bertz CT molecular complexity index is 899. The van der Waals surface area contributed by atoms with Gasteiger partial charge in [-0.15, -0.1) is 0 Å². The molecule has 5 nitrogen and oxygen atoms in total. The fraction of sp³-hybridized carbons (Fsp3) is 0.200. The zero-order valence-corrected chi connectivity index (χ0v) is 14.6. The Morgan fingerprint density at radius 3 is 2.80 bits per heavy atom. The minimum absolute atomic E-state index is 0.126. The van der Waals surface area contributed by atoms with E-state index in [-0.39, 0.29) is 5.91 Å².